The van der Waals surface area contributed by atoms with Gasteiger partial charge in [-0.15, -0.1) is 0 Å². The molecule has 2 aromatic carbocycles. The van der Waals surface area contributed by atoms with E-state index in [4.69, 9.17) is 0 Å². The van der Waals surface area contributed by atoms with Gasteiger partial charge in [-0.05, 0) is 22.3 Å². The second-order valence-corrected chi connectivity index (χ2v) is 6.39. The number of amides is 1. The fraction of sp³-hybridized carbons (Fsp3) is 0.263. The van der Waals surface area contributed by atoms with Gasteiger partial charge in [-0.3, -0.25) is 9.59 Å². The van der Waals surface area contributed by atoms with Crippen molar-refractivity contribution in [2.24, 2.45) is 5.92 Å². The lowest BCUT2D eigenvalue weighted by Gasteiger charge is -2.31. The normalized spacial score (nSPS) is 13.9. The standard InChI is InChI=1S/C19H19NO3S/c1-12(11-24)19(23)20(10-17(21)22)18-15-8-4-2-6-13(15)14-7-3-5-9-16(14)18/h2-9,12,18,24H,10-11H2,1H3,(H,21,22). The van der Waals surface area contributed by atoms with Crippen LogP contribution in [0, 0.1) is 5.92 Å². The molecule has 0 radical (unpaired) electrons. The van der Waals surface area contributed by atoms with Crippen LogP contribution in [0.2, 0.25) is 0 Å². The van der Waals surface area contributed by atoms with Gasteiger partial charge in [0, 0.05) is 11.7 Å². The molecular formula is C19H19NO3S. The average molecular weight is 341 g/mol. The van der Waals surface area contributed by atoms with Crippen LogP contribution in [-0.4, -0.2) is 34.2 Å². The van der Waals surface area contributed by atoms with E-state index < -0.39 is 5.97 Å². The Morgan fingerprint density at radius 2 is 1.58 bits per heavy atom. The van der Waals surface area contributed by atoms with Crippen LogP contribution >= 0.6 is 12.6 Å². The maximum Gasteiger partial charge on any atom is 0.323 e. The van der Waals surface area contributed by atoms with E-state index in [1.54, 1.807) is 6.92 Å². The van der Waals surface area contributed by atoms with Crippen molar-refractivity contribution in [2.75, 3.05) is 12.3 Å². The molecule has 5 heteroatoms. The van der Waals surface area contributed by atoms with E-state index in [2.05, 4.69) is 12.6 Å². The third-order valence-corrected chi connectivity index (χ3v) is 4.94. The molecule has 3 rings (SSSR count). The molecule has 2 aromatic rings. The lowest BCUT2D eigenvalue weighted by Crippen LogP contribution is -2.41. The molecule has 0 bridgehead atoms. The third-order valence-electron chi connectivity index (χ3n) is 4.40. The van der Waals surface area contributed by atoms with Crippen LogP contribution in [0.4, 0.5) is 0 Å². The highest BCUT2D eigenvalue weighted by molar-refractivity contribution is 7.80. The summed E-state index contributed by atoms with van der Waals surface area (Å²) in [6.45, 7) is 1.45. The van der Waals surface area contributed by atoms with E-state index in [0.29, 0.717) is 5.75 Å². The van der Waals surface area contributed by atoms with Crippen LogP contribution in [0.15, 0.2) is 48.5 Å². The van der Waals surface area contributed by atoms with E-state index in [1.807, 2.05) is 48.5 Å². The Bertz CT molecular complexity index is 744. The number of fused-ring (bicyclic) bond motifs is 3. The van der Waals surface area contributed by atoms with Gasteiger partial charge in [0.1, 0.15) is 6.54 Å². The molecule has 24 heavy (non-hydrogen) atoms. The first kappa shape index (κ1) is 16.6. The zero-order valence-electron chi connectivity index (χ0n) is 13.3. The van der Waals surface area contributed by atoms with Crippen LogP contribution in [0.1, 0.15) is 24.1 Å². The summed E-state index contributed by atoms with van der Waals surface area (Å²) in [5, 5.41) is 9.33. The molecular weight excluding hydrogens is 322 g/mol. The highest BCUT2D eigenvalue weighted by Crippen LogP contribution is 2.46. The fourth-order valence-corrected chi connectivity index (χ4v) is 3.42. The molecule has 0 heterocycles. The van der Waals surface area contributed by atoms with Crippen molar-refractivity contribution in [3.8, 4) is 11.1 Å². The molecule has 0 spiro atoms. The molecule has 1 amide bonds. The first-order valence-electron chi connectivity index (χ1n) is 7.86. The lowest BCUT2D eigenvalue weighted by atomic mass is 10.0. The average Bonchev–Trinajstić information content (AvgIpc) is 2.93. The monoisotopic (exact) mass is 341 g/mol. The number of hydrogen-bond donors (Lipinski definition) is 2. The number of thiol groups is 1. The third kappa shape index (κ3) is 2.80. The summed E-state index contributed by atoms with van der Waals surface area (Å²) in [6, 6.07) is 15.3. The largest absolute Gasteiger partial charge is 0.480 e. The van der Waals surface area contributed by atoms with Crippen molar-refractivity contribution < 1.29 is 14.7 Å². The molecule has 4 nitrogen and oxygen atoms in total. The minimum absolute atomic E-state index is 0.191. The first-order chi connectivity index (χ1) is 11.5. The quantitative estimate of drug-likeness (QED) is 0.821. The number of rotatable bonds is 5. The number of carbonyl (C=O) groups is 2. The second-order valence-electron chi connectivity index (χ2n) is 6.02. The summed E-state index contributed by atoms with van der Waals surface area (Å²) >= 11 is 4.20. The summed E-state index contributed by atoms with van der Waals surface area (Å²) in [5.41, 5.74) is 4.05. The fourth-order valence-electron chi connectivity index (χ4n) is 3.27. The Kier molecular flexibility index (Phi) is 4.62. The number of carbonyl (C=O) groups excluding carboxylic acids is 1. The number of nitrogens with zero attached hydrogens (tertiary/aromatic N) is 1. The summed E-state index contributed by atoms with van der Waals surface area (Å²) in [4.78, 5) is 25.7. The second kappa shape index (κ2) is 6.69. The van der Waals surface area contributed by atoms with Gasteiger partial charge < -0.3 is 10.0 Å². The highest BCUT2D eigenvalue weighted by atomic mass is 32.1. The van der Waals surface area contributed by atoms with Gasteiger partial charge in [-0.2, -0.15) is 12.6 Å². The zero-order chi connectivity index (χ0) is 17.3. The summed E-state index contributed by atoms with van der Waals surface area (Å²) in [7, 11) is 0. The summed E-state index contributed by atoms with van der Waals surface area (Å²) in [6.07, 6.45) is 0. The minimum atomic E-state index is -1.02. The van der Waals surface area contributed by atoms with Gasteiger partial charge in [-0.1, -0.05) is 55.5 Å². The van der Waals surface area contributed by atoms with Crippen LogP contribution in [0.3, 0.4) is 0 Å². The first-order valence-corrected chi connectivity index (χ1v) is 8.49. The smallest absolute Gasteiger partial charge is 0.323 e. The van der Waals surface area contributed by atoms with Gasteiger partial charge in [0.25, 0.3) is 0 Å². The van der Waals surface area contributed by atoms with E-state index in [1.165, 1.54) is 4.90 Å². The van der Waals surface area contributed by atoms with E-state index in [0.717, 1.165) is 22.3 Å². The Labute approximate surface area is 146 Å². The molecule has 1 unspecified atom stereocenters. The van der Waals surface area contributed by atoms with Crippen molar-refractivity contribution in [3.63, 3.8) is 0 Å². The van der Waals surface area contributed by atoms with E-state index >= 15 is 0 Å². The number of carboxylic acids is 1. The van der Waals surface area contributed by atoms with Crippen LogP contribution in [0.25, 0.3) is 11.1 Å². The van der Waals surface area contributed by atoms with E-state index in [-0.39, 0.29) is 24.4 Å². The van der Waals surface area contributed by atoms with Crippen molar-refractivity contribution in [2.45, 2.75) is 13.0 Å². The molecule has 0 saturated carbocycles. The maximum atomic E-state index is 12.8. The Balaban J connectivity index is 2.13. The zero-order valence-corrected chi connectivity index (χ0v) is 14.2. The van der Waals surface area contributed by atoms with Gasteiger partial charge in [0.2, 0.25) is 5.91 Å². The Hall–Kier alpha value is -2.27. The Morgan fingerprint density at radius 1 is 1.08 bits per heavy atom. The van der Waals surface area contributed by atoms with Crippen molar-refractivity contribution in [1.29, 1.82) is 0 Å². The van der Waals surface area contributed by atoms with Crippen molar-refractivity contribution in [1.82, 2.24) is 4.90 Å². The predicted molar refractivity (Wildman–Crippen MR) is 96.1 cm³/mol. The number of carboxylic acid groups (broad SMARTS) is 1. The molecule has 0 aromatic heterocycles. The highest BCUT2D eigenvalue weighted by Gasteiger charge is 2.37. The van der Waals surface area contributed by atoms with Gasteiger partial charge >= 0.3 is 5.97 Å². The summed E-state index contributed by atoms with van der Waals surface area (Å²) in [5.74, 6) is -1.17. The number of hydrogen-bond acceptors (Lipinski definition) is 3. The van der Waals surface area contributed by atoms with E-state index in [9.17, 15) is 14.7 Å². The molecule has 0 fully saturated rings. The molecule has 0 aliphatic heterocycles. The van der Waals surface area contributed by atoms with Crippen molar-refractivity contribution in [3.05, 3.63) is 59.7 Å². The molecule has 1 N–H and O–H groups in total. The maximum absolute atomic E-state index is 12.8. The van der Waals surface area contributed by atoms with Crippen LogP contribution in [0.5, 0.6) is 0 Å². The van der Waals surface area contributed by atoms with Gasteiger partial charge in [-0.25, -0.2) is 0 Å². The number of benzene rings is 2. The van der Waals surface area contributed by atoms with Crippen LogP contribution in [-0.2, 0) is 9.59 Å². The lowest BCUT2D eigenvalue weighted by molar-refractivity contribution is -0.147. The predicted octanol–water partition coefficient (Wildman–Crippen LogP) is 3.24. The SMILES string of the molecule is CC(CS)C(=O)N(CC(=O)O)C1c2ccccc2-c2ccccc21. The molecule has 1 aliphatic rings. The topological polar surface area (TPSA) is 57.6 Å². The number of aliphatic carboxylic acids is 1. The van der Waals surface area contributed by atoms with Crippen LogP contribution < -0.4 is 0 Å². The molecule has 1 atom stereocenters. The summed E-state index contributed by atoms with van der Waals surface area (Å²) < 4.78 is 0. The van der Waals surface area contributed by atoms with Crippen molar-refractivity contribution >= 4 is 24.5 Å². The minimum Gasteiger partial charge on any atom is -0.480 e. The van der Waals surface area contributed by atoms with Gasteiger partial charge in [0.05, 0.1) is 6.04 Å². The Morgan fingerprint density at radius 3 is 2.04 bits per heavy atom. The molecule has 0 saturated heterocycles. The molecule has 1 aliphatic carbocycles. The van der Waals surface area contributed by atoms with Gasteiger partial charge in [0.15, 0.2) is 0 Å². The molecule has 124 valence electrons.